The van der Waals surface area contributed by atoms with Gasteiger partial charge in [0.25, 0.3) is 0 Å². The topological polar surface area (TPSA) is 193 Å². The van der Waals surface area contributed by atoms with E-state index in [4.69, 9.17) is 23.7 Å². The van der Waals surface area contributed by atoms with Gasteiger partial charge in [-0.3, -0.25) is 0 Å². The average Bonchev–Trinajstić information content (AvgIpc) is 3.37. The Bertz CT molecular complexity index is 2630. The van der Waals surface area contributed by atoms with E-state index >= 15 is 0 Å². The Labute approximate surface area is 406 Å². The van der Waals surface area contributed by atoms with Crippen molar-refractivity contribution >= 4 is 20.0 Å². The fraction of sp³-hybridized carbons (Fsp3) is 0.333. The van der Waals surface area contributed by atoms with Gasteiger partial charge in [-0.1, -0.05) is 54.6 Å². The van der Waals surface area contributed by atoms with Gasteiger partial charge in [0.05, 0.1) is 35.0 Å². The molecule has 16 nitrogen and oxygen atoms in total. The molecule has 0 spiro atoms. The van der Waals surface area contributed by atoms with Crippen molar-refractivity contribution in [1.29, 1.82) is 0 Å². The van der Waals surface area contributed by atoms with E-state index < -0.39 is 42.8 Å². The molecule has 2 heterocycles. The molecule has 0 bridgehead atoms. The van der Waals surface area contributed by atoms with Gasteiger partial charge in [0.2, 0.25) is 20.0 Å². The molecule has 1 N–H and O–H groups in total. The number of rotatable bonds is 23. The highest BCUT2D eigenvalue weighted by Crippen LogP contribution is 2.30. The van der Waals surface area contributed by atoms with Crippen LogP contribution in [0.1, 0.15) is 71.1 Å². The summed E-state index contributed by atoms with van der Waals surface area (Å²) in [5, 5.41) is 8.65. The van der Waals surface area contributed by atoms with Gasteiger partial charge in [-0.05, 0) is 110 Å². The highest BCUT2D eigenvalue weighted by Gasteiger charge is 2.38. The number of aryl methyl sites for hydroxylation is 2. The van der Waals surface area contributed by atoms with Gasteiger partial charge in [-0.15, -0.1) is 6.58 Å². The summed E-state index contributed by atoms with van der Waals surface area (Å²) in [6.07, 6.45) is 5.74. The van der Waals surface area contributed by atoms with Gasteiger partial charge in [0.1, 0.15) is 45.7 Å². The second-order valence-corrected chi connectivity index (χ2v) is 20.7. The zero-order chi connectivity index (χ0) is 50.1. The number of ether oxygens (including phenoxy) is 5. The summed E-state index contributed by atoms with van der Waals surface area (Å²) in [4.78, 5) is 16.9. The standard InChI is InChI=1S/C27H33N3O5S.C24H29N3O5S/c1-6-15-35-26(27-28-16-20(2)17-29-27)21(3)36(31,32)30(18-22-7-11-24(33-4)12-8-22)19-23-9-13-25(34-5)14-10-23;1-17-13-25-24(26-14-17)23(28)18(2)33(29,30)27(15-19-5-9-21(31-3)10-6-19)16-20-7-11-22(32-4)12-8-20/h6-14,16-17,21,26H,1,15,18-19H2,2-5H3;5-14,18,23,28H,15-16H2,1-4H3/t21-,26-;18-,23-/m00/s1. The van der Waals surface area contributed by atoms with Crippen LogP contribution in [-0.4, -0.2) is 96.0 Å². The molecule has 0 aliphatic rings. The quantitative estimate of drug-likeness (QED) is 0.0614. The van der Waals surface area contributed by atoms with Crippen molar-refractivity contribution in [2.24, 2.45) is 0 Å². The minimum Gasteiger partial charge on any atom is -0.497 e. The van der Waals surface area contributed by atoms with E-state index in [2.05, 4.69) is 26.5 Å². The Hall–Kier alpha value is -6.28. The van der Waals surface area contributed by atoms with Crippen LogP contribution in [0.25, 0.3) is 0 Å². The second-order valence-electron chi connectivity index (χ2n) is 16.2. The van der Waals surface area contributed by atoms with Crippen LogP contribution in [0.15, 0.2) is 135 Å². The molecule has 6 rings (SSSR count). The summed E-state index contributed by atoms with van der Waals surface area (Å²) in [6, 6.07) is 29.1. The molecule has 0 unspecified atom stereocenters. The predicted molar refractivity (Wildman–Crippen MR) is 265 cm³/mol. The smallest absolute Gasteiger partial charge is 0.220 e. The predicted octanol–water partition coefficient (Wildman–Crippen LogP) is 7.72. The van der Waals surface area contributed by atoms with Gasteiger partial charge in [0.15, 0.2) is 11.6 Å². The Morgan fingerprint density at radius 2 is 0.812 bits per heavy atom. The first-order chi connectivity index (χ1) is 33.0. The molecule has 0 saturated heterocycles. The fourth-order valence-corrected chi connectivity index (χ4v) is 10.1. The number of sulfonamides is 2. The third kappa shape index (κ3) is 14.9. The Kier molecular flexibility index (Phi) is 19.7. The van der Waals surface area contributed by atoms with Crippen LogP contribution in [0.3, 0.4) is 0 Å². The molecule has 0 aliphatic carbocycles. The van der Waals surface area contributed by atoms with Crippen LogP contribution in [-0.2, 0) is 51.0 Å². The molecule has 0 fully saturated rings. The summed E-state index contributed by atoms with van der Waals surface area (Å²) in [5.74, 6) is 3.15. The lowest BCUT2D eigenvalue weighted by Gasteiger charge is -2.30. The number of aliphatic hydroxyl groups is 1. The minimum absolute atomic E-state index is 0.0746. The Morgan fingerprint density at radius 3 is 1.10 bits per heavy atom. The minimum atomic E-state index is -3.95. The molecular weight excluding hydrogens is 921 g/mol. The largest absolute Gasteiger partial charge is 0.497 e. The molecule has 4 aromatic carbocycles. The molecule has 0 amide bonds. The Morgan fingerprint density at radius 1 is 0.522 bits per heavy atom. The number of benzene rings is 4. The molecule has 2 aromatic heterocycles. The van der Waals surface area contributed by atoms with Gasteiger partial charge in [0, 0.05) is 51.0 Å². The van der Waals surface area contributed by atoms with Crippen molar-refractivity contribution in [1.82, 2.24) is 28.5 Å². The van der Waals surface area contributed by atoms with Crippen LogP contribution in [0.5, 0.6) is 23.0 Å². The van der Waals surface area contributed by atoms with Crippen LogP contribution in [0, 0.1) is 13.8 Å². The first-order valence-electron chi connectivity index (χ1n) is 22.0. The lowest BCUT2D eigenvalue weighted by molar-refractivity contribution is 0.0654. The van der Waals surface area contributed by atoms with Crippen molar-refractivity contribution in [2.45, 2.75) is 76.6 Å². The van der Waals surface area contributed by atoms with E-state index in [9.17, 15) is 21.9 Å². The first kappa shape index (κ1) is 53.7. The summed E-state index contributed by atoms with van der Waals surface area (Å²) in [5.41, 5.74) is 4.94. The summed E-state index contributed by atoms with van der Waals surface area (Å²) < 4.78 is 84.9. The number of methoxy groups -OCH3 is 4. The van der Waals surface area contributed by atoms with Crippen LogP contribution < -0.4 is 18.9 Å². The van der Waals surface area contributed by atoms with E-state index in [1.807, 2.05) is 86.6 Å². The molecule has 0 radical (unpaired) electrons. The van der Waals surface area contributed by atoms with Gasteiger partial charge in [-0.2, -0.15) is 8.61 Å². The molecule has 69 heavy (non-hydrogen) atoms. The van der Waals surface area contributed by atoms with E-state index in [1.54, 1.807) is 90.5 Å². The number of hydrogen-bond donors (Lipinski definition) is 1. The SMILES string of the molecule is C=CCO[C@H](c1ncc(C)cn1)[C@H](C)S(=O)(=O)N(Cc1ccc(OC)cc1)Cc1ccc(OC)cc1.COc1ccc(CN(Cc2ccc(OC)cc2)S(=O)(=O)[C@@H](C)[C@H](O)c2ncc(C)cn2)cc1. The zero-order valence-electron chi connectivity index (χ0n) is 40.3. The van der Waals surface area contributed by atoms with Crippen LogP contribution >= 0.6 is 0 Å². The highest BCUT2D eigenvalue weighted by molar-refractivity contribution is 7.90. The third-order valence-electron chi connectivity index (χ3n) is 11.1. The average molecular weight is 983 g/mol. The summed E-state index contributed by atoms with van der Waals surface area (Å²) >= 11 is 0. The number of aromatic nitrogens is 4. The van der Waals surface area contributed by atoms with Crippen molar-refractivity contribution in [3.05, 3.63) is 180 Å². The lowest BCUT2D eigenvalue weighted by atomic mass is 10.2. The van der Waals surface area contributed by atoms with Crippen molar-refractivity contribution in [2.75, 3.05) is 35.0 Å². The second kappa shape index (κ2) is 25.4. The van der Waals surface area contributed by atoms with E-state index in [0.29, 0.717) is 28.8 Å². The molecule has 4 atom stereocenters. The fourth-order valence-electron chi connectivity index (χ4n) is 6.91. The van der Waals surface area contributed by atoms with Crippen molar-refractivity contribution < 1.29 is 45.6 Å². The molecular formula is C51H62N6O10S2. The molecule has 0 aliphatic heterocycles. The van der Waals surface area contributed by atoms with Crippen molar-refractivity contribution in [3.8, 4) is 23.0 Å². The molecule has 6 aromatic rings. The first-order valence-corrected chi connectivity index (χ1v) is 25.0. The monoisotopic (exact) mass is 982 g/mol. The number of nitrogens with zero attached hydrogens (tertiary/aromatic N) is 6. The number of hydrogen-bond acceptors (Lipinski definition) is 14. The maximum Gasteiger partial charge on any atom is 0.220 e. The van der Waals surface area contributed by atoms with Crippen LogP contribution in [0.2, 0.25) is 0 Å². The highest BCUT2D eigenvalue weighted by atomic mass is 32.2. The maximum absolute atomic E-state index is 14.0. The number of aliphatic hydroxyl groups excluding tert-OH is 1. The maximum atomic E-state index is 14.0. The van der Waals surface area contributed by atoms with Gasteiger partial charge < -0.3 is 28.8 Å². The van der Waals surface area contributed by atoms with E-state index in [0.717, 1.165) is 33.4 Å². The summed E-state index contributed by atoms with van der Waals surface area (Å²) in [6.45, 7) is 11.2. The van der Waals surface area contributed by atoms with Gasteiger partial charge >= 0.3 is 0 Å². The van der Waals surface area contributed by atoms with Crippen LogP contribution in [0.4, 0.5) is 0 Å². The van der Waals surface area contributed by atoms with Gasteiger partial charge in [-0.25, -0.2) is 36.8 Å². The molecule has 0 saturated carbocycles. The third-order valence-corrected chi connectivity index (χ3v) is 15.5. The van der Waals surface area contributed by atoms with Crippen molar-refractivity contribution in [3.63, 3.8) is 0 Å². The summed E-state index contributed by atoms with van der Waals surface area (Å²) in [7, 11) is -1.50. The van der Waals surface area contributed by atoms with E-state index in [-0.39, 0.29) is 38.6 Å². The lowest BCUT2D eigenvalue weighted by Crippen LogP contribution is -2.40. The Balaban J connectivity index is 0.000000258. The molecule has 368 valence electrons. The zero-order valence-corrected chi connectivity index (χ0v) is 41.9. The normalized spacial score (nSPS) is 13.4. The molecule has 18 heteroatoms. The van der Waals surface area contributed by atoms with E-state index in [1.165, 1.54) is 15.5 Å².